The van der Waals surface area contributed by atoms with Gasteiger partial charge in [0.25, 0.3) is 17.7 Å². The highest BCUT2D eigenvalue weighted by atomic mass is 35.5. The lowest BCUT2D eigenvalue weighted by Gasteiger charge is -2.36. The summed E-state index contributed by atoms with van der Waals surface area (Å²) in [6.45, 7) is 0.179. The lowest BCUT2D eigenvalue weighted by molar-refractivity contribution is -0.132. The van der Waals surface area contributed by atoms with Crippen molar-refractivity contribution in [1.82, 2.24) is 15.1 Å². The molecule has 12 heteroatoms. The third kappa shape index (κ3) is 5.43. The van der Waals surface area contributed by atoms with E-state index in [-0.39, 0.29) is 41.5 Å². The molecule has 0 aliphatic carbocycles. The van der Waals surface area contributed by atoms with Crippen LogP contribution >= 0.6 is 22.9 Å². The summed E-state index contributed by atoms with van der Waals surface area (Å²) in [7, 11) is -4.34. The molecule has 3 amide bonds. The number of sulfone groups is 1. The molecule has 1 saturated heterocycles. The molecule has 0 radical (unpaired) electrons. The van der Waals surface area contributed by atoms with Gasteiger partial charge < -0.3 is 15.1 Å². The Labute approximate surface area is 216 Å². The number of nitrogens with zero attached hydrogens (tertiary/aromatic N) is 2. The molecule has 8 nitrogen and oxygen atoms in total. The van der Waals surface area contributed by atoms with Gasteiger partial charge in [-0.05, 0) is 47.8 Å². The number of thiophene rings is 1. The van der Waals surface area contributed by atoms with Gasteiger partial charge >= 0.3 is 0 Å². The fourth-order valence-corrected chi connectivity index (χ4v) is 5.95. The number of carbonyl (C=O) groups excluding carboxylic acids is 3. The summed E-state index contributed by atoms with van der Waals surface area (Å²) in [6.07, 6.45) is 0. The number of benzene rings is 2. The second-order valence-electron chi connectivity index (χ2n) is 7.93. The van der Waals surface area contributed by atoms with Crippen LogP contribution in [0.4, 0.5) is 4.39 Å². The summed E-state index contributed by atoms with van der Waals surface area (Å²) in [6, 6.07) is 14.0. The Morgan fingerprint density at radius 1 is 0.917 bits per heavy atom. The molecule has 0 bridgehead atoms. The van der Waals surface area contributed by atoms with Crippen LogP contribution in [0.1, 0.15) is 20.0 Å². The Bertz CT molecular complexity index is 1370. The lowest BCUT2D eigenvalue weighted by atomic mass is 10.1. The largest absolute Gasteiger partial charge is 0.336 e. The van der Waals surface area contributed by atoms with E-state index in [0.717, 1.165) is 11.3 Å². The van der Waals surface area contributed by atoms with E-state index in [4.69, 9.17) is 11.6 Å². The van der Waals surface area contributed by atoms with Crippen molar-refractivity contribution in [3.05, 3.63) is 87.3 Å². The molecule has 1 fully saturated rings. The van der Waals surface area contributed by atoms with Gasteiger partial charge in [-0.2, -0.15) is 0 Å². The summed E-state index contributed by atoms with van der Waals surface area (Å²) >= 11 is 6.98. The number of amides is 3. The number of carbonyl (C=O) groups is 3. The molecule has 0 spiro atoms. The number of piperazine rings is 1. The molecule has 1 aromatic heterocycles. The standard InChI is InChI=1S/C24H21ClFN3O5S2/c25-16-7-9-17(10-8-16)36(33,34)22(27-21(30)20-6-3-15-35-20)24(32)29-13-11-28(12-14-29)23(31)18-4-1-2-5-19(18)26/h1-10,15,22H,11-14H2,(H,27,30). The monoisotopic (exact) mass is 549 g/mol. The Kier molecular flexibility index (Phi) is 7.72. The molecular formula is C24H21ClFN3O5S2. The lowest BCUT2D eigenvalue weighted by Crippen LogP contribution is -2.57. The summed E-state index contributed by atoms with van der Waals surface area (Å²) in [5.74, 6) is -2.69. The van der Waals surface area contributed by atoms with E-state index in [1.165, 1.54) is 58.3 Å². The average molecular weight is 550 g/mol. The summed E-state index contributed by atoms with van der Waals surface area (Å²) < 4.78 is 40.9. The first-order chi connectivity index (χ1) is 17.2. The zero-order valence-corrected chi connectivity index (χ0v) is 21.2. The number of hydrogen-bond donors (Lipinski definition) is 1. The van der Waals surface area contributed by atoms with Crippen LogP contribution in [-0.4, -0.2) is 67.5 Å². The van der Waals surface area contributed by atoms with Crippen LogP contribution in [0.15, 0.2) is 70.9 Å². The molecule has 188 valence electrons. The van der Waals surface area contributed by atoms with E-state index in [9.17, 15) is 27.2 Å². The van der Waals surface area contributed by atoms with E-state index in [0.29, 0.717) is 5.02 Å². The van der Waals surface area contributed by atoms with Crippen LogP contribution in [0.2, 0.25) is 5.02 Å². The van der Waals surface area contributed by atoms with Crippen molar-refractivity contribution in [2.75, 3.05) is 26.2 Å². The summed E-state index contributed by atoms with van der Waals surface area (Å²) in [4.78, 5) is 41.6. The van der Waals surface area contributed by atoms with Crippen molar-refractivity contribution in [3.8, 4) is 0 Å². The molecule has 4 rings (SSSR count). The fraction of sp³-hybridized carbons (Fsp3) is 0.208. The molecule has 0 saturated carbocycles. The van der Waals surface area contributed by atoms with Crippen molar-refractivity contribution in [2.45, 2.75) is 10.3 Å². The minimum atomic E-state index is -4.34. The molecule has 1 unspecified atom stereocenters. The van der Waals surface area contributed by atoms with E-state index in [2.05, 4.69) is 5.32 Å². The van der Waals surface area contributed by atoms with Gasteiger partial charge in [-0.25, -0.2) is 12.8 Å². The van der Waals surface area contributed by atoms with E-state index < -0.39 is 38.7 Å². The van der Waals surface area contributed by atoms with Gasteiger partial charge in [-0.15, -0.1) is 11.3 Å². The Morgan fingerprint density at radius 2 is 1.56 bits per heavy atom. The summed E-state index contributed by atoms with van der Waals surface area (Å²) in [5, 5.41) is 2.45. The highest BCUT2D eigenvalue weighted by molar-refractivity contribution is 7.92. The van der Waals surface area contributed by atoms with Crippen LogP contribution in [0, 0.1) is 5.82 Å². The molecule has 1 N–H and O–H groups in total. The van der Waals surface area contributed by atoms with Crippen LogP contribution in [0.25, 0.3) is 0 Å². The highest BCUT2D eigenvalue weighted by Crippen LogP contribution is 2.21. The molecule has 3 aromatic rings. The number of halogens is 2. The van der Waals surface area contributed by atoms with Crippen molar-refractivity contribution >= 4 is 50.5 Å². The van der Waals surface area contributed by atoms with Crippen LogP contribution < -0.4 is 5.32 Å². The third-order valence-electron chi connectivity index (χ3n) is 5.67. The van der Waals surface area contributed by atoms with E-state index >= 15 is 0 Å². The summed E-state index contributed by atoms with van der Waals surface area (Å²) in [5.41, 5.74) is -0.0799. The first-order valence-corrected chi connectivity index (χ1v) is 13.7. The van der Waals surface area contributed by atoms with Crippen LogP contribution in [-0.2, 0) is 14.6 Å². The minimum Gasteiger partial charge on any atom is -0.336 e. The molecule has 2 heterocycles. The second-order valence-corrected chi connectivity index (χ2v) is 11.3. The fourth-order valence-electron chi connectivity index (χ4n) is 3.73. The first kappa shape index (κ1) is 25.8. The van der Waals surface area contributed by atoms with Gasteiger partial charge in [0, 0.05) is 31.2 Å². The van der Waals surface area contributed by atoms with Crippen molar-refractivity contribution in [1.29, 1.82) is 0 Å². The van der Waals surface area contributed by atoms with Crippen molar-refractivity contribution in [3.63, 3.8) is 0 Å². The zero-order chi connectivity index (χ0) is 25.9. The average Bonchev–Trinajstić information content (AvgIpc) is 3.42. The smallest absolute Gasteiger partial charge is 0.262 e. The molecule has 36 heavy (non-hydrogen) atoms. The zero-order valence-electron chi connectivity index (χ0n) is 18.8. The minimum absolute atomic E-state index is 0.0144. The maximum absolute atomic E-state index is 14.0. The van der Waals surface area contributed by atoms with Crippen LogP contribution in [0.5, 0.6) is 0 Å². The molecule has 1 aliphatic rings. The number of rotatable bonds is 6. The van der Waals surface area contributed by atoms with Gasteiger partial charge in [0.1, 0.15) is 5.82 Å². The van der Waals surface area contributed by atoms with Crippen molar-refractivity contribution < 1.29 is 27.2 Å². The molecular weight excluding hydrogens is 529 g/mol. The van der Waals surface area contributed by atoms with Gasteiger partial charge in [0.2, 0.25) is 15.2 Å². The molecule has 1 atom stereocenters. The van der Waals surface area contributed by atoms with E-state index in [1.807, 2.05) is 0 Å². The Morgan fingerprint density at radius 3 is 2.17 bits per heavy atom. The normalized spacial score (nSPS) is 14.8. The van der Waals surface area contributed by atoms with Gasteiger partial charge in [0.05, 0.1) is 15.3 Å². The number of hydrogen-bond acceptors (Lipinski definition) is 6. The third-order valence-corrected chi connectivity index (χ3v) is 8.66. The van der Waals surface area contributed by atoms with Gasteiger partial charge in [-0.1, -0.05) is 29.8 Å². The van der Waals surface area contributed by atoms with Gasteiger partial charge in [0.15, 0.2) is 0 Å². The van der Waals surface area contributed by atoms with Gasteiger partial charge in [-0.3, -0.25) is 14.4 Å². The van der Waals surface area contributed by atoms with Crippen LogP contribution in [0.3, 0.4) is 0 Å². The first-order valence-electron chi connectivity index (χ1n) is 10.8. The van der Waals surface area contributed by atoms with E-state index in [1.54, 1.807) is 17.5 Å². The quantitative estimate of drug-likeness (QED) is 0.509. The second kappa shape index (κ2) is 10.8. The topological polar surface area (TPSA) is 104 Å². The highest BCUT2D eigenvalue weighted by Gasteiger charge is 2.40. The Hall–Kier alpha value is -3.28. The SMILES string of the molecule is O=C(NC(C(=O)N1CCN(C(=O)c2ccccc2F)CC1)S(=O)(=O)c1ccc(Cl)cc1)c1cccs1. The Balaban J connectivity index is 1.54. The predicted molar refractivity (Wildman–Crippen MR) is 133 cm³/mol. The maximum atomic E-state index is 14.0. The predicted octanol–water partition coefficient (Wildman–Crippen LogP) is 3.06. The number of nitrogens with one attached hydrogen (secondary N) is 1. The van der Waals surface area contributed by atoms with Crippen molar-refractivity contribution in [2.24, 2.45) is 0 Å². The maximum Gasteiger partial charge on any atom is 0.262 e. The molecule has 1 aliphatic heterocycles. The molecule has 2 aromatic carbocycles.